The number of aromatic nitrogens is 1. The highest BCUT2D eigenvalue weighted by Crippen LogP contribution is 2.04. The van der Waals surface area contributed by atoms with Gasteiger partial charge < -0.3 is 20.3 Å². The summed E-state index contributed by atoms with van der Waals surface area (Å²) in [6.45, 7) is 0.818. The first-order chi connectivity index (χ1) is 8.00. The lowest BCUT2D eigenvalue weighted by Crippen LogP contribution is -2.39. The highest BCUT2D eigenvalue weighted by Gasteiger charge is 2.14. The third-order valence-corrected chi connectivity index (χ3v) is 1.80. The van der Waals surface area contributed by atoms with E-state index < -0.39 is 24.3 Å². The molecule has 0 aromatic carbocycles. The van der Waals surface area contributed by atoms with Gasteiger partial charge in [0.2, 0.25) is 11.7 Å². The molecule has 1 aromatic heterocycles. The molecule has 1 heterocycles. The van der Waals surface area contributed by atoms with E-state index in [0.717, 1.165) is 0 Å². The van der Waals surface area contributed by atoms with Crippen LogP contribution in [0.4, 0.5) is 0 Å². The quantitative estimate of drug-likeness (QED) is 0.602. The van der Waals surface area contributed by atoms with E-state index in [1.165, 1.54) is 6.20 Å². The van der Waals surface area contributed by atoms with Crippen LogP contribution < -0.4 is 10.6 Å². The summed E-state index contributed by atoms with van der Waals surface area (Å²) in [7, 11) is 0. The fraction of sp³-hybridized carbons (Fsp3) is 0.333. The summed E-state index contributed by atoms with van der Waals surface area (Å²) in [4.78, 5) is 32.6. The first-order valence-corrected chi connectivity index (χ1v) is 4.68. The number of carbonyl (C=O) groups excluding carboxylic acids is 2. The predicted molar refractivity (Wildman–Crippen MR) is 54.2 cm³/mol. The van der Waals surface area contributed by atoms with E-state index in [1.54, 1.807) is 6.92 Å². The maximum absolute atomic E-state index is 11.4. The first-order valence-electron chi connectivity index (χ1n) is 4.68. The number of rotatable bonds is 5. The molecule has 0 atom stereocenters. The Morgan fingerprint density at radius 3 is 2.59 bits per heavy atom. The van der Waals surface area contributed by atoms with Crippen LogP contribution in [0.1, 0.15) is 16.1 Å². The van der Waals surface area contributed by atoms with Crippen molar-refractivity contribution in [2.45, 2.75) is 6.92 Å². The van der Waals surface area contributed by atoms with Gasteiger partial charge in [0.25, 0.3) is 5.91 Å². The van der Waals surface area contributed by atoms with Crippen LogP contribution in [0.15, 0.2) is 10.7 Å². The molecule has 8 heteroatoms. The number of aliphatic carboxylic acids is 1. The SMILES string of the molecule is Cc1cnoc1C(=O)NCC(=O)NCC(=O)O. The second kappa shape index (κ2) is 5.64. The highest BCUT2D eigenvalue weighted by molar-refractivity contribution is 5.95. The number of nitrogens with zero attached hydrogens (tertiary/aromatic N) is 1. The highest BCUT2D eigenvalue weighted by atomic mass is 16.5. The van der Waals surface area contributed by atoms with Crippen molar-refractivity contribution in [2.24, 2.45) is 0 Å². The van der Waals surface area contributed by atoms with E-state index in [1.807, 2.05) is 0 Å². The second-order valence-corrected chi connectivity index (χ2v) is 3.19. The van der Waals surface area contributed by atoms with Crippen molar-refractivity contribution in [2.75, 3.05) is 13.1 Å². The molecule has 92 valence electrons. The first kappa shape index (κ1) is 12.7. The van der Waals surface area contributed by atoms with Crippen molar-refractivity contribution < 1.29 is 24.0 Å². The van der Waals surface area contributed by atoms with Gasteiger partial charge in [-0.15, -0.1) is 0 Å². The lowest BCUT2D eigenvalue weighted by Gasteiger charge is -2.03. The van der Waals surface area contributed by atoms with Gasteiger partial charge >= 0.3 is 5.97 Å². The molecule has 2 amide bonds. The number of hydrogen-bond donors (Lipinski definition) is 3. The minimum absolute atomic E-state index is 0.0241. The lowest BCUT2D eigenvalue weighted by atomic mass is 10.3. The van der Waals surface area contributed by atoms with Crippen LogP contribution in [0.3, 0.4) is 0 Å². The topological polar surface area (TPSA) is 122 Å². The van der Waals surface area contributed by atoms with E-state index in [9.17, 15) is 14.4 Å². The molecule has 8 nitrogen and oxygen atoms in total. The molecule has 0 saturated carbocycles. The smallest absolute Gasteiger partial charge is 0.322 e. The molecule has 1 rings (SSSR count). The van der Waals surface area contributed by atoms with Gasteiger partial charge in [0.05, 0.1) is 12.7 Å². The zero-order valence-electron chi connectivity index (χ0n) is 9.02. The second-order valence-electron chi connectivity index (χ2n) is 3.19. The molecule has 0 fully saturated rings. The van der Waals surface area contributed by atoms with Crippen LogP contribution in [0.2, 0.25) is 0 Å². The summed E-state index contributed by atoms with van der Waals surface area (Å²) in [6, 6.07) is 0. The number of amides is 2. The van der Waals surface area contributed by atoms with Gasteiger partial charge in [-0.2, -0.15) is 0 Å². The maximum Gasteiger partial charge on any atom is 0.322 e. The molecule has 17 heavy (non-hydrogen) atoms. The number of nitrogens with one attached hydrogen (secondary N) is 2. The summed E-state index contributed by atoms with van der Waals surface area (Å²) in [5, 5.41) is 16.1. The monoisotopic (exact) mass is 241 g/mol. The third kappa shape index (κ3) is 3.93. The van der Waals surface area contributed by atoms with E-state index >= 15 is 0 Å². The average Bonchev–Trinajstić information content (AvgIpc) is 2.69. The fourth-order valence-corrected chi connectivity index (χ4v) is 0.987. The molecule has 3 N–H and O–H groups in total. The third-order valence-electron chi connectivity index (χ3n) is 1.80. The molecule has 0 aliphatic carbocycles. The van der Waals surface area contributed by atoms with Gasteiger partial charge in [-0.3, -0.25) is 14.4 Å². The van der Waals surface area contributed by atoms with Crippen molar-refractivity contribution >= 4 is 17.8 Å². The van der Waals surface area contributed by atoms with Crippen molar-refractivity contribution in [3.63, 3.8) is 0 Å². The van der Waals surface area contributed by atoms with Gasteiger partial charge in [-0.1, -0.05) is 5.16 Å². The fourth-order valence-electron chi connectivity index (χ4n) is 0.987. The van der Waals surface area contributed by atoms with Crippen LogP contribution >= 0.6 is 0 Å². The molecule has 0 saturated heterocycles. The Labute approximate surface area is 96.0 Å². The molecular formula is C9H11N3O5. The van der Waals surface area contributed by atoms with Crippen LogP contribution in [-0.2, 0) is 9.59 Å². The Bertz CT molecular complexity index is 440. The number of carboxylic acid groups (broad SMARTS) is 1. The van der Waals surface area contributed by atoms with Crippen LogP contribution in [0.5, 0.6) is 0 Å². The van der Waals surface area contributed by atoms with Gasteiger partial charge in [0.1, 0.15) is 6.54 Å². The molecule has 1 aromatic rings. The number of carbonyl (C=O) groups is 3. The number of carboxylic acids is 1. The summed E-state index contributed by atoms with van der Waals surface area (Å²) < 4.78 is 4.67. The van der Waals surface area contributed by atoms with Crippen molar-refractivity contribution in [3.8, 4) is 0 Å². The van der Waals surface area contributed by atoms with Gasteiger partial charge in [0.15, 0.2) is 0 Å². The zero-order chi connectivity index (χ0) is 12.8. The Morgan fingerprint density at radius 2 is 2.06 bits per heavy atom. The molecule has 0 radical (unpaired) electrons. The maximum atomic E-state index is 11.4. The molecule has 0 bridgehead atoms. The average molecular weight is 241 g/mol. The lowest BCUT2D eigenvalue weighted by molar-refractivity contribution is -0.137. The normalized spacial score (nSPS) is 9.71. The summed E-state index contributed by atoms with van der Waals surface area (Å²) in [5.41, 5.74) is 0.549. The summed E-state index contributed by atoms with van der Waals surface area (Å²) in [5.74, 6) is -2.31. The largest absolute Gasteiger partial charge is 0.480 e. The standard InChI is InChI=1S/C9H11N3O5/c1-5-2-12-17-8(5)9(16)11-3-6(13)10-4-7(14)15/h2H,3-4H2,1H3,(H,10,13)(H,11,16)(H,14,15). The van der Waals surface area contributed by atoms with E-state index in [-0.39, 0.29) is 12.3 Å². The van der Waals surface area contributed by atoms with Crippen molar-refractivity contribution in [3.05, 3.63) is 17.5 Å². The Morgan fingerprint density at radius 1 is 1.35 bits per heavy atom. The van der Waals surface area contributed by atoms with E-state index in [4.69, 9.17) is 5.11 Å². The number of hydrogen-bond acceptors (Lipinski definition) is 5. The molecule has 0 unspecified atom stereocenters. The molecule has 0 aliphatic rings. The number of aryl methyl sites for hydroxylation is 1. The van der Waals surface area contributed by atoms with Gasteiger partial charge in [-0.05, 0) is 6.92 Å². The van der Waals surface area contributed by atoms with Crippen molar-refractivity contribution in [1.82, 2.24) is 15.8 Å². The van der Waals surface area contributed by atoms with E-state index in [2.05, 4.69) is 20.3 Å². The van der Waals surface area contributed by atoms with Crippen LogP contribution in [0.25, 0.3) is 0 Å². The van der Waals surface area contributed by atoms with Crippen molar-refractivity contribution in [1.29, 1.82) is 0 Å². The van der Waals surface area contributed by atoms with Gasteiger partial charge in [0, 0.05) is 5.56 Å². The van der Waals surface area contributed by atoms with E-state index in [0.29, 0.717) is 5.56 Å². The Hall–Kier alpha value is -2.38. The predicted octanol–water partition coefficient (Wildman–Crippen LogP) is -1.09. The minimum atomic E-state index is -1.16. The van der Waals surface area contributed by atoms with Crippen LogP contribution in [-0.4, -0.2) is 41.1 Å². The summed E-state index contributed by atoms with van der Waals surface area (Å²) in [6.07, 6.45) is 1.37. The Balaban J connectivity index is 2.36. The summed E-state index contributed by atoms with van der Waals surface area (Å²) >= 11 is 0. The molecule has 0 spiro atoms. The minimum Gasteiger partial charge on any atom is -0.480 e. The Kier molecular flexibility index (Phi) is 4.21. The zero-order valence-corrected chi connectivity index (χ0v) is 9.02. The van der Waals surface area contributed by atoms with Gasteiger partial charge in [-0.25, -0.2) is 0 Å². The van der Waals surface area contributed by atoms with Crippen LogP contribution in [0, 0.1) is 6.92 Å². The molecular weight excluding hydrogens is 230 g/mol. The molecule has 0 aliphatic heterocycles.